The first kappa shape index (κ1) is 27.2. The molecule has 0 bridgehead atoms. The number of carbonyl (C=O) groups excluding carboxylic acids is 2. The molecule has 1 aliphatic rings. The predicted octanol–water partition coefficient (Wildman–Crippen LogP) is 2.93. The van der Waals surface area contributed by atoms with Crippen molar-refractivity contribution in [1.82, 2.24) is 15.5 Å². The minimum atomic E-state index is -0.511. The molecule has 0 spiro atoms. The van der Waals surface area contributed by atoms with E-state index in [1.165, 1.54) is 7.11 Å². The molecule has 10 heteroatoms. The number of methoxy groups -OCH3 is 1. The number of benzene rings is 1. The van der Waals surface area contributed by atoms with Crippen molar-refractivity contribution in [3.8, 4) is 0 Å². The molecule has 3 atom stereocenters. The third-order valence-electron chi connectivity index (χ3n) is 5.58. The number of hydrogen-bond acceptors (Lipinski definition) is 6. The van der Waals surface area contributed by atoms with E-state index in [9.17, 15) is 9.59 Å². The number of nitrogens with two attached hydrogens (primary N) is 1. The van der Waals surface area contributed by atoms with Gasteiger partial charge in [-0.25, -0.2) is 9.59 Å². The van der Waals surface area contributed by atoms with Gasteiger partial charge in [0.1, 0.15) is 0 Å². The monoisotopic (exact) mass is 484 g/mol. The number of hydrogen-bond donors (Lipinski definition) is 3. The molecule has 0 radical (unpaired) electrons. The summed E-state index contributed by atoms with van der Waals surface area (Å²) < 4.78 is 16.0. The highest BCUT2D eigenvalue weighted by Crippen LogP contribution is 2.24. The van der Waals surface area contributed by atoms with E-state index in [0.29, 0.717) is 43.6 Å². The number of alkyl carbamates (subject to hydrolysis) is 1. The molecule has 0 aromatic heterocycles. The summed E-state index contributed by atoms with van der Waals surface area (Å²) in [4.78, 5) is 25.3. The van der Waals surface area contributed by atoms with Crippen LogP contribution in [-0.2, 0) is 14.2 Å². The zero-order valence-corrected chi connectivity index (χ0v) is 20.3. The number of urea groups is 1. The van der Waals surface area contributed by atoms with Crippen LogP contribution in [0.25, 0.3) is 0 Å². The molecule has 1 aromatic rings. The van der Waals surface area contributed by atoms with Crippen LogP contribution in [0.1, 0.15) is 37.4 Å². The second kappa shape index (κ2) is 15.0. The first-order valence-electron chi connectivity index (χ1n) is 11.4. The fourth-order valence-electron chi connectivity index (χ4n) is 3.75. The topological polar surface area (TPSA) is 115 Å². The Labute approximate surface area is 201 Å². The van der Waals surface area contributed by atoms with Gasteiger partial charge in [0.15, 0.2) is 0 Å². The molecular formula is C23H37ClN4O5. The molecule has 1 aliphatic heterocycles. The van der Waals surface area contributed by atoms with Crippen molar-refractivity contribution < 1.29 is 23.8 Å². The third kappa shape index (κ3) is 10.6. The molecule has 186 valence electrons. The Balaban J connectivity index is 1.79. The van der Waals surface area contributed by atoms with Gasteiger partial charge in [-0.1, -0.05) is 23.7 Å². The molecule has 2 rings (SSSR count). The van der Waals surface area contributed by atoms with Crippen LogP contribution in [0, 0.1) is 5.92 Å². The highest BCUT2D eigenvalue weighted by atomic mass is 35.5. The molecule has 0 aliphatic carbocycles. The van der Waals surface area contributed by atoms with Crippen molar-refractivity contribution in [3.05, 3.63) is 34.9 Å². The van der Waals surface area contributed by atoms with Crippen molar-refractivity contribution in [2.24, 2.45) is 11.7 Å². The normalized spacial score (nSPS) is 17.6. The maximum absolute atomic E-state index is 12.5. The Hall–Kier alpha value is -2.07. The van der Waals surface area contributed by atoms with Gasteiger partial charge in [-0.05, 0) is 49.3 Å². The summed E-state index contributed by atoms with van der Waals surface area (Å²) in [5.41, 5.74) is 7.11. The zero-order valence-electron chi connectivity index (χ0n) is 19.6. The van der Waals surface area contributed by atoms with Gasteiger partial charge >= 0.3 is 12.1 Å². The van der Waals surface area contributed by atoms with Crippen LogP contribution in [0.2, 0.25) is 5.02 Å². The average molecular weight is 485 g/mol. The summed E-state index contributed by atoms with van der Waals surface area (Å²) in [5.74, 6) is 0.465. The quantitative estimate of drug-likeness (QED) is 0.393. The lowest BCUT2D eigenvalue weighted by Crippen LogP contribution is -2.44. The SMILES string of the molecule is COC(=O)NCCO[C@H](CCN(C)C(=O)NCC(N)CC1CCCOC1)c1cccc(Cl)c1. The molecule has 33 heavy (non-hydrogen) atoms. The van der Waals surface area contributed by atoms with Gasteiger partial charge in [0, 0.05) is 51.0 Å². The lowest BCUT2D eigenvalue weighted by Gasteiger charge is -2.26. The highest BCUT2D eigenvalue weighted by Gasteiger charge is 2.19. The van der Waals surface area contributed by atoms with E-state index in [4.69, 9.17) is 26.8 Å². The summed E-state index contributed by atoms with van der Waals surface area (Å²) in [7, 11) is 3.05. The Kier molecular flexibility index (Phi) is 12.3. The van der Waals surface area contributed by atoms with Crippen LogP contribution >= 0.6 is 11.6 Å². The Morgan fingerprint density at radius 2 is 2.18 bits per heavy atom. The van der Waals surface area contributed by atoms with Gasteiger partial charge in [0.25, 0.3) is 0 Å². The Morgan fingerprint density at radius 1 is 1.36 bits per heavy atom. The van der Waals surface area contributed by atoms with E-state index in [-0.39, 0.29) is 18.2 Å². The van der Waals surface area contributed by atoms with Crippen LogP contribution in [-0.4, -0.2) is 76.7 Å². The van der Waals surface area contributed by atoms with Crippen molar-refractivity contribution in [2.45, 2.75) is 37.8 Å². The van der Waals surface area contributed by atoms with Gasteiger partial charge in [0.2, 0.25) is 0 Å². The second-order valence-corrected chi connectivity index (χ2v) is 8.74. The summed E-state index contributed by atoms with van der Waals surface area (Å²) >= 11 is 6.14. The summed E-state index contributed by atoms with van der Waals surface area (Å²) in [6.45, 7) is 3.08. The van der Waals surface area contributed by atoms with Crippen molar-refractivity contribution in [2.75, 3.05) is 53.6 Å². The van der Waals surface area contributed by atoms with E-state index in [2.05, 4.69) is 15.4 Å². The molecule has 4 N–H and O–H groups in total. The molecule has 1 aromatic carbocycles. The van der Waals surface area contributed by atoms with E-state index in [1.807, 2.05) is 18.2 Å². The maximum atomic E-state index is 12.5. The summed E-state index contributed by atoms with van der Waals surface area (Å²) in [6, 6.07) is 7.15. The van der Waals surface area contributed by atoms with Crippen molar-refractivity contribution in [3.63, 3.8) is 0 Å². The van der Waals surface area contributed by atoms with E-state index in [1.54, 1.807) is 18.0 Å². The molecule has 1 fully saturated rings. The van der Waals surface area contributed by atoms with Gasteiger partial charge < -0.3 is 35.5 Å². The van der Waals surface area contributed by atoms with Crippen molar-refractivity contribution in [1.29, 1.82) is 0 Å². The van der Waals surface area contributed by atoms with Crippen LogP contribution in [0.3, 0.4) is 0 Å². The smallest absolute Gasteiger partial charge is 0.406 e. The van der Waals surface area contributed by atoms with Gasteiger partial charge in [-0.3, -0.25) is 0 Å². The summed E-state index contributed by atoms with van der Waals surface area (Å²) in [6.07, 6.45) is 2.81. The number of nitrogens with zero attached hydrogens (tertiary/aromatic N) is 1. The predicted molar refractivity (Wildman–Crippen MR) is 127 cm³/mol. The number of amides is 3. The first-order valence-corrected chi connectivity index (χ1v) is 11.8. The minimum Gasteiger partial charge on any atom is -0.453 e. The standard InChI is InChI=1S/C23H37ClN4O5/c1-28(22(29)27-15-20(25)13-17-5-4-11-32-16-17)10-8-21(18-6-3-7-19(24)14-18)33-12-9-26-23(30)31-2/h3,6-7,14,17,20-21H,4-5,8-13,15-16,25H2,1-2H3,(H,26,30)(H,27,29)/t17?,20?,21-/m1/s1. The number of halogens is 1. The maximum Gasteiger partial charge on any atom is 0.406 e. The van der Waals surface area contributed by atoms with Crippen molar-refractivity contribution >= 4 is 23.7 Å². The molecule has 1 saturated heterocycles. The highest BCUT2D eigenvalue weighted by molar-refractivity contribution is 6.30. The van der Waals surface area contributed by atoms with Crippen LogP contribution in [0.4, 0.5) is 9.59 Å². The molecule has 0 saturated carbocycles. The van der Waals surface area contributed by atoms with Gasteiger partial charge in [-0.15, -0.1) is 0 Å². The van der Waals surface area contributed by atoms with Crippen LogP contribution in [0.15, 0.2) is 24.3 Å². The fourth-order valence-corrected chi connectivity index (χ4v) is 3.95. The van der Waals surface area contributed by atoms with Gasteiger partial charge in [-0.2, -0.15) is 0 Å². The number of ether oxygens (including phenoxy) is 3. The van der Waals surface area contributed by atoms with Crippen LogP contribution in [0.5, 0.6) is 0 Å². The number of carbonyl (C=O) groups is 2. The Morgan fingerprint density at radius 3 is 2.88 bits per heavy atom. The second-order valence-electron chi connectivity index (χ2n) is 8.31. The summed E-state index contributed by atoms with van der Waals surface area (Å²) in [5, 5.41) is 6.11. The number of rotatable bonds is 12. The molecule has 9 nitrogen and oxygen atoms in total. The third-order valence-corrected chi connectivity index (χ3v) is 5.81. The Bertz CT molecular complexity index is 733. The first-order chi connectivity index (χ1) is 15.9. The van der Waals surface area contributed by atoms with Crippen LogP contribution < -0.4 is 16.4 Å². The van der Waals surface area contributed by atoms with E-state index < -0.39 is 6.09 Å². The minimum absolute atomic E-state index is 0.0982. The van der Waals surface area contributed by atoms with Gasteiger partial charge in [0.05, 0.1) is 19.8 Å². The van der Waals surface area contributed by atoms with E-state index in [0.717, 1.165) is 38.0 Å². The van der Waals surface area contributed by atoms with E-state index >= 15 is 0 Å². The number of nitrogens with one attached hydrogen (secondary N) is 2. The average Bonchev–Trinajstić information content (AvgIpc) is 2.82. The fraction of sp³-hybridized carbons (Fsp3) is 0.652. The lowest BCUT2D eigenvalue weighted by atomic mass is 9.95. The molecular weight excluding hydrogens is 448 g/mol. The molecule has 1 heterocycles. The molecule has 3 amide bonds. The molecule has 2 unspecified atom stereocenters. The lowest BCUT2D eigenvalue weighted by molar-refractivity contribution is 0.0438. The largest absolute Gasteiger partial charge is 0.453 e. The zero-order chi connectivity index (χ0) is 24.1.